The van der Waals surface area contributed by atoms with Gasteiger partial charge in [0.2, 0.25) is 5.91 Å². The summed E-state index contributed by atoms with van der Waals surface area (Å²) in [5.41, 5.74) is 0.606. The molecule has 19 heavy (non-hydrogen) atoms. The fraction of sp³-hybridized carbons (Fsp3) is 0.938. The number of carbonyl (C=O) groups excluding carboxylic acids is 1. The average Bonchev–Trinajstić information content (AvgIpc) is 2.49. The molecule has 0 unspecified atom stereocenters. The average molecular weight is 264 g/mol. The Bertz CT molecular complexity index is 307. The molecular weight excluding hydrogens is 236 g/mol. The van der Waals surface area contributed by atoms with Crippen molar-refractivity contribution < 1.29 is 4.79 Å². The van der Waals surface area contributed by atoms with E-state index in [9.17, 15) is 4.79 Å². The van der Waals surface area contributed by atoms with Gasteiger partial charge in [0, 0.05) is 13.1 Å². The zero-order valence-corrected chi connectivity index (χ0v) is 12.1. The van der Waals surface area contributed by atoms with E-state index in [-0.39, 0.29) is 6.04 Å². The maximum atomic E-state index is 12.5. The third-order valence-corrected chi connectivity index (χ3v) is 5.66. The van der Waals surface area contributed by atoms with Gasteiger partial charge in [-0.2, -0.15) is 0 Å². The van der Waals surface area contributed by atoms with Gasteiger partial charge in [0.1, 0.15) is 0 Å². The highest BCUT2D eigenvalue weighted by atomic mass is 16.2. The van der Waals surface area contributed by atoms with E-state index < -0.39 is 0 Å². The molecule has 0 aromatic rings. The molecule has 0 bridgehead atoms. The number of nitrogens with one attached hydrogen (secondary N) is 1. The van der Waals surface area contributed by atoms with Gasteiger partial charge in [0.05, 0.1) is 6.04 Å². The second-order valence-electron chi connectivity index (χ2n) is 6.89. The molecule has 3 fully saturated rings. The van der Waals surface area contributed by atoms with Crippen LogP contribution in [0.25, 0.3) is 0 Å². The summed E-state index contributed by atoms with van der Waals surface area (Å²) in [6.45, 7) is 3.04. The van der Waals surface area contributed by atoms with Gasteiger partial charge in [-0.25, -0.2) is 0 Å². The summed E-state index contributed by atoms with van der Waals surface area (Å²) in [6, 6.07) is 0.120. The predicted molar refractivity (Wildman–Crippen MR) is 77.0 cm³/mol. The Labute approximate surface area is 117 Å². The van der Waals surface area contributed by atoms with E-state index in [4.69, 9.17) is 0 Å². The van der Waals surface area contributed by atoms with E-state index >= 15 is 0 Å². The first-order valence-electron chi connectivity index (χ1n) is 8.31. The molecule has 1 spiro atoms. The molecule has 0 aromatic heterocycles. The molecule has 3 heteroatoms. The second-order valence-corrected chi connectivity index (χ2v) is 6.89. The van der Waals surface area contributed by atoms with Crippen molar-refractivity contribution in [2.45, 2.75) is 70.3 Å². The van der Waals surface area contributed by atoms with Crippen molar-refractivity contribution in [1.82, 2.24) is 10.2 Å². The standard InChI is InChI=1S/C16H28N2O/c19-15(14-6-2-5-11-17-14)18-12-9-16(10-13-18)7-3-1-4-8-16/h14,17H,1-13H2/t14-/m1/s1. The number of amides is 1. The lowest BCUT2D eigenvalue weighted by Gasteiger charge is -2.45. The molecule has 2 heterocycles. The Balaban J connectivity index is 1.52. The van der Waals surface area contributed by atoms with Crippen molar-refractivity contribution in [2.24, 2.45) is 5.41 Å². The van der Waals surface area contributed by atoms with Gasteiger partial charge in [-0.15, -0.1) is 0 Å². The van der Waals surface area contributed by atoms with E-state index in [2.05, 4.69) is 10.2 Å². The van der Waals surface area contributed by atoms with Crippen LogP contribution in [-0.4, -0.2) is 36.5 Å². The zero-order valence-electron chi connectivity index (χ0n) is 12.1. The van der Waals surface area contributed by atoms with E-state index in [1.165, 1.54) is 57.8 Å². The van der Waals surface area contributed by atoms with Gasteiger partial charge in [-0.1, -0.05) is 25.7 Å². The fourth-order valence-electron chi connectivity index (χ4n) is 4.29. The summed E-state index contributed by atoms with van der Waals surface area (Å²) >= 11 is 0. The molecular formula is C16H28N2O. The highest BCUT2D eigenvalue weighted by Crippen LogP contribution is 2.44. The molecule has 2 aliphatic heterocycles. The van der Waals surface area contributed by atoms with Crippen LogP contribution >= 0.6 is 0 Å². The van der Waals surface area contributed by atoms with Gasteiger partial charge in [-0.05, 0) is 50.5 Å². The van der Waals surface area contributed by atoms with Crippen LogP contribution in [0.15, 0.2) is 0 Å². The third-order valence-electron chi connectivity index (χ3n) is 5.66. The van der Waals surface area contributed by atoms with Crippen molar-refractivity contribution in [3.05, 3.63) is 0 Å². The Morgan fingerprint density at radius 2 is 1.68 bits per heavy atom. The highest BCUT2D eigenvalue weighted by molar-refractivity contribution is 5.82. The molecule has 3 nitrogen and oxygen atoms in total. The number of nitrogens with zero attached hydrogens (tertiary/aromatic N) is 1. The predicted octanol–water partition coefficient (Wildman–Crippen LogP) is 2.70. The molecule has 1 N–H and O–H groups in total. The first-order valence-corrected chi connectivity index (χ1v) is 8.31. The third kappa shape index (κ3) is 2.96. The number of hydrogen-bond acceptors (Lipinski definition) is 2. The van der Waals surface area contributed by atoms with E-state index in [1.54, 1.807) is 0 Å². The molecule has 2 saturated heterocycles. The van der Waals surface area contributed by atoms with Crippen molar-refractivity contribution >= 4 is 5.91 Å². The van der Waals surface area contributed by atoms with E-state index in [0.717, 1.165) is 26.1 Å². The number of piperidine rings is 2. The van der Waals surface area contributed by atoms with Crippen molar-refractivity contribution in [3.63, 3.8) is 0 Å². The molecule has 3 aliphatic rings. The normalized spacial score (nSPS) is 31.4. The largest absolute Gasteiger partial charge is 0.341 e. The molecule has 3 rings (SSSR count). The van der Waals surface area contributed by atoms with E-state index in [1.807, 2.05) is 0 Å². The minimum Gasteiger partial charge on any atom is -0.341 e. The van der Waals surface area contributed by atoms with Crippen LogP contribution in [0.2, 0.25) is 0 Å². The van der Waals surface area contributed by atoms with Gasteiger partial charge in [-0.3, -0.25) is 4.79 Å². The summed E-state index contributed by atoms with van der Waals surface area (Å²) in [6.07, 6.45) is 13.1. The topological polar surface area (TPSA) is 32.3 Å². The maximum Gasteiger partial charge on any atom is 0.239 e. The first-order chi connectivity index (χ1) is 9.29. The Morgan fingerprint density at radius 3 is 2.32 bits per heavy atom. The summed E-state index contributed by atoms with van der Waals surface area (Å²) in [5.74, 6) is 0.380. The van der Waals surface area contributed by atoms with Gasteiger partial charge < -0.3 is 10.2 Å². The Morgan fingerprint density at radius 1 is 0.947 bits per heavy atom. The molecule has 108 valence electrons. The number of likely N-dealkylation sites (tertiary alicyclic amines) is 1. The number of hydrogen-bond donors (Lipinski definition) is 1. The van der Waals surface area contributed by atoms with Crippen LogP contribution in [0.5, 0.6) is 0 Å². The SMILES string of the molecule is O=C([C@H]1CCCCN1)N1CCC2(CCCCC2)CC1. The van der Waals surface area contributed by atoms with Crippen LogP contribution in [0.1, 0.15) is 64.2 Å². The second kappa shape index (κ2) is 5.82. The fourth-order valence-corrected chi connectivity index (χ4v) is 4.29. The molecule has 0 aromatic carbocycles. The minimum atomic E-state index is 0.120. The molecule has 0 radical (unpaired) electrons. The minimum absolute atomic E-state index is 0.120. The summed E-state index contributed by atoms with van der Waals surface area (Å²) < 4.78 is 0. The summed E-state index contributed by atoms with van der Waals surface area (Å²) in [5, 5.41) is 3.40. The highest BCUT2D eigenvalue weighted by Gasteiger charge is 2.37. The van der Waals surface area contributed by atoms with Crippen LogP contribution in [0, 0.1) is 5.41 Å². The van der Waals surface area contributed by atoms with Crippen LogP contribution in [0.4, 0.5) is 0 Å². The lowest BCUT2D eigenvalue weighted by molar-refractivity contribution is -0.136. The monoisotopic (exact) mass is 264 g/mol. The number of carbonyl (C=O) groups is 1. The zero-order chi connectivity index (χ0) is 13.1. The maximum absolute atomic E-state index is 12.5. The van der Waals surface area contributed by atoms with Crippen molar-refractivity contribution in [1.29, 1.82) is 0 Å². The van der Waals surface area contributed by atoms with Crippen LogP contribution in [0.3, 0.4) is 0 Å². The van der Waals surface area contributed by atoms with E-state index in [0.29, 0.717) is 11.3 Å². The van der Waals surface area contributed by atoms with Gasteiger partial charge >= 0.3 is 0 Å². The van der Waals surface area contributed by atoms with Crippen LogP contribution < -0.4 is 5.32 Å². The quantitative estimate of drug-likeness (QED) is 0.790. The van der Waals surface area contributed by atoms with Crippen molar-refractivity contribution in [2.75, 3.05) is 19.6 Å². The number of rotatable bonds is 1. The summed E-state index contributed by atoms with van der Waals surface area (Å²) in [7, 11) is 0. The lowest BCUT2D eigenvalue weighted by atomic mass is 9.68. The Kier molecular flexibility index (Phi) is 4.11. The summed E-state index contributed by atoms with van der Waals surface area (Å²) in [4.78, 5) is 14.6. The smallest absolute Gasteiger partial charge is 0.239 e. The first kappa shape index (κ1) is 13.4. The molecule has 1 aliphatic carbocycles. The molecule has 1 atom stereocenters. The van der Waals surface area contributed by atoms with Crippen LogP contribution in [-0.2, 0) is 4.79 Å². The van der Waals surface area contributed by atoms with Gasteiger partial charge in [0.25, 0.3) is 0 Å². The van der Waals surface area contributed by atoms with Gasteiger partial charge in [0.15, 0.2) is 0 Å². The van der Waals surface area contributed by atoms with Crippen molar-refractivity contribution in [3.8, 4) is 0 Å². The lowest BCUT2D eigenvalue weighted by Crippen LogP contribution is -2.52. The Hall–Kier alpha value is -0.570. The molecule has 1 saturated carbocycles. The molecule has 1 amide bonds.